The summed E-state index contributed by atoms with van der Waals surface area (Å²) in [4.78, 5) is 11.3. The van der Waals surface area contributed by atoms with Gasteiger partial charge in [0.1, 0.15) is 0 Å². The molecule has 0 radical (unpaired) electrons. The molecule has 0 aliphatic rings. The molecule has 0 aromatic carbocycles. The third-order valence-corrected chi connectivity index (χ3v) is 1.67. The summed E-state index contributed by atoms with van der Waals surface area (Å²) in [7, 11) is 0. The first kappa shape index (κ1) is 10.4. The molecule has 0 spiro atoms. The highest BCUT2D eigenvalue weighted by molar-refractivity contribution is 5.95. The van der Waals surface area contributed by atoms with Crippen molar-refractivity contribution in [3.63, 3.8) is 0 Å². The van der Waals surface area contributed by atoms with E-state index in [1.165, 1.54) is 0 Å². The van der Waals surface area contributed by atoms with Gasteiger partial charge in [0.15, 0.2) is 5.78 Å². The zero-order valence-electron chi connectivity index (χ0n) is 7.81. The Morgan fingerprint density at radius 1 is 1.27 bits per heavy atom. The number of Topliss-reactive ketones (excluding diaryl/α,β-unsaturated/α-hetero) is 1. The summed E-state index contributed by atoms with van der Waals surface area (Å²) >= 11 is 0. The zero-order chi connectivity index (χ0) is 8.69. The molecule has 1 nitrogen and oxygen atoms in total. The second-order valence-electron chi connectivity index (χ2n) is 2.66. The van der Waals surface area contributed by atoms with Crippen LogP contribution < -0.4 is 0 Å². The maximum atomic E-state index is 11.3. The van der Waals surface area contributed by atoms with Crippen molar-refractivity contribution in [2.75, 3.05) is 0 Å². The van der Waals surface area contributed by atoms with Crippen LogP contribution in [0.3, 0.4) is 0 Å². The number of carbonyl (C=O) groups excluding carboxylic acids is 1. The van der Waals surface area contributed by atoms with Gasteiger partial charge in [-0.3, -0.25) is 4.79 Å². The van der Waals surface area contributed by atoms with Crippen LogP contribution in [0.25, 0.3) is 0 Å². The van der Waals surface area contributed by atoms with E-state index in [2.05, 4.69) is 6.92 Å². The lowest BCUT2D eigenvalue weighted by Crippen LogP contribution is -2.00. The van der Waals surface area contributed by atoms with Crippen molar-refractivity contribution in [3.8, 4) is 0 Å². The minimum atomic E-state index is 0.330. The summed E-state index contributed by atoms with van der Waals surface area (Å²) in [5.41, 5.74) is 1.01. The van der Waals surface area contributed by atoms with Crippen molar-refractivity contribution in [1.82, 2.24) is 0 Å². The van der Waals surface area contributed by atoms with Crippen LogP contribution in [0.4, 0.5) is 0 Å². The van der Waals surface area contributed by atoms with E-state index in [-0.39, 0.29) is 0 Å². The topological polar surface area (TPSA) is 17.1 Å². The fourth-order valence-corrected chi connectivity index (χ4v) is 1.09. The number of ketones is 1. The Bertz CT molecular complexity index is 145. The minimum absolute atomic E-state index is 0.330. The Kier molecular flexibility index (Phi) is 5.81. The molecule has 0 saturated carbocycles. The smallest absolute Gasteiger partial charge is 0.158 e. The van der Waals surface area contributed by atoms with E-state index >= 15 is 0 Å². The van der Waals surface area contributed by atoms with E-state index in [4.69, 9.17) is 0 Å². The Hall–Kier alpha value is -0.590. The number of hydrogen-bond acceptors (Lipinski definition) is 1. The Labute approximate surface area is 69.5 Å². The van der Waals surface area contributed by atoms with Crippen LogP contribution in [0.1, 0.15) is 46.5 Å². The van der Waals surface area contributed by atoms with Crippen molar-refractivity contribution in [2.45, 2.75) is 46.5 Å². The molecule has 0 aliphatic carbocycles. The van der Waals surface area contributed by atoms with Crippen molar-refractivity contribution >= 4 is 5.78 Å². The highest BCUT2D eigenvalue weighted by Gasteiger charge is 2.03. The average Bonchev–Trinajstić information content (AvgIpc) is 2.00. The summed E-state index contributed by atoms with van der Waals surface area (Å²) in [6.07, 6.45) is 5.56. The predicted octanol–water partition coefficient (Wildman–Crippen LogP) is 3.10. The van der Waals surface area contributed by atoms with E-state index in [1.807, 2.05) is 19.9 Å². The number of rotatable bonds is 5. The highest BCUT2D eigenvalue weighted by Crippen LogP contribution is 2.07. The van der Waals surface area contributed by atoms with Gasteiger partial charge in [-0.2, -0.15) is 0 Å². The van der Waals surface area contributed by atoms with Crippen LogP contribution in [0.2, 0.25) is 0 Å². The molecular weight excluding hydrogens is 136 g/mol. The molecule has 0 heterocycles. The summed E-state index contributed by atoms with van der Waals surface area (Å²) < 4.78 is 0. The maximum absolute atomic E-state index is 11.3. The first-order valence-corrected chi connectivity index (χ1v) is 4.48. The van der Waals surface area contributed by atoms with Crippen LogP contribution in [0, 0.1) is 0 Å². The van der Waals surface area contributed by atoms with Gasteiger partial charge >= 0.3 is 0 Å². The Morgan fingerprint density at radius 3 is 2.27 bits per heavy atom. The van der Waals surface area contributed by atoms with Gasteiger partial charge in [-0.05, 0) is 24.8 Å². The van der Waals surface area contributed by atoms with Crippen LogP contribution in [-0.2, 0) is 4.79 Å². The maximum Gasteiger partial charge on any atom is 0.158 e. The highest BCUT2D eigenvalue weighted by atomic mass is 16.1. The molecule has 0 N–H and O–H groups in total. The molecule has 0 amide bonds. The molecule has 0 rings (SSSR count). The SMILES string of the molecule is CC/C=C(\CC)C(=O)CCC. The van der Waals surface area contributed by atoms with E-state index < -0.39 is 0 Å². The van der Waals surface area contributed by atoms with Gasteiger partial charge in [0.05, 0.1) is 0 Å². The fourth-order valence-electron chi connectivity index (χ4n) is 1.09. The lowest BCUT2D eigenvalue weighted by molar-refractivity contribution is -0.115. The first-order valence-electron chi connectivity index (χ1n) is 4.48. The van der Waals surface area contributed by atoms with Crippen molar-refractivity contribution < 1.29 is 4.79 Å². The van der Waals surface area contributed by atoms with Gasteiger partial charge in [0, 0.05) is 6.42 Å². The standard InChI is InChI=1S/C10H18O/c1-4-7-9(6-3)10(11)8-5-2/h7H,4-6,8H2,1-3H3/b9-7+. The largest absolute Gasteiger partial charge is 0.295 e. The molecule has 0 saturated heterocycles. The van der Waals surface area contributed by atoms with Crippen LogP contribution in [-0.4, -0.2) is 5.78 Å². The molecule has 11 heavy (non-hydrogen) atoms. The lowest BCUT2D eigenvalue weighted by atomic mass is 10.0. The van der Waals surface area contributed by atoms with Gasteiger partial charge in [0.25, 0.3) is 0 Å². The first-order chi connectivity index (χ1) is 5.26. The molecule has 0 aromatic heterocycles. The van der Waals surface area contributed by atoms with Gasteiger partial charge in [-0.15, -0.1) is 0 Å². The van der Waals surface area contributed by atoms with E-state index in [9.17, 15) is 4.79 Å². The van der Waals surface area contributed by atoms with Crippen molar-refractivity contribution in [3.05, 3.63) is 11.6 Å². The molecule has 0 aliphatic heterocycles. The van der Waals surface area contributed by atoms with Gasteiger partial charge in [-0.1, -0.05) is 26.8 Å². The summed E-state index contributed by atoms with van der Waals surface area (Å²) in [6.45, 7) is 6.14. The molecule has 64 valence electrons. The van der Waals surface area contributed by atoms with E-state index in [0.29, 0.717) is 12.2 Å². The molecule has 0 aromatic rings. The van der Waals surface area contributed by atoms with Crippen molar-refractivity contribution in [2.24, 2.45) is 0 Å². The minimum Gasteiger partial charge on any atom is -0.295 e. The molecule has 0 fully saturated rings. The Morgan fingerprint density at radius 2 is 1.91 bits per heavy atom. The quantitative estimate of drug-likeness (QED) is 0.556. The molecular formula is C10H18O. The van der Waals surface area contributed by atoms with Gasteiger partial charge in [0.2, 0.25) is 0 Å². The second-order valence-corrected chi connectivity index (χ2v) is 2.66. The van der Waals surface area contributed by atoms with E-state index in [0.717, 1.165) is 24.8 Å². The van der Waals surface area contributed by atoms with Crippen LogP contribution in [0.5, 0.6) is 0 Å². The number of allylic oxidation sites excluding steroid dienone is 2. The molecule has 0 atom stereocenters. The zero-order valence-corrected chi connectivity index (χ0v) is 7.81. The number of carbonyl (C=O) groups is 1. The third-order valence-electron chi connectivity index (χ3n) is 1.67. The van der Waals surface area contributed by atoms with Crippen LogP contribution in [0.15, 0.2) is 11.6 Å². The van der Waals surface area contributed by atoms with Crippen molar-refractivity contribution in [1.29, 1.82) is 0 Å². The van der Waals surface area contributed by atoms with Gasteiger partial charge in [-0.25, -0.2) is 0 Å². The lowest BCUT2D eigenvalue weighted by Gasteiger charge is -2.00. The summed E-state index contributed by atoms with van der Waals surface area (Å²) in [5, 5.41) is 0. The normalized spacial score (nSPS) is 11.7. The third kappa shape index (κ3) is 3.97. The molecule has 0 unspecified atom stereocenters. The summed E-state index contributed by atoms with van der Waals surface area (Å²) in [6, 6.07) is 0. The molecule has 1 heteroatoms. The number of hydrogen-bond donors (Lipinski definition) is 0. The average molecular weight is 154 g/mol. The van der Waals surface area contributed by atoms with E-state index in [1.54, 1.807) is 0 Å². The van der Waals surface area contributed by atoms with Crippen LogP contribution >= 0.6 is 0 Å². The monoisotopic (exact) mass is 154 g/mol. The Balaban J connectivity index is 4.03. The second kappa shape index (κ2) is 6.14. The molecule has 0 bridgehead atoms. The van der Waals surface area contributed by atoms with Gasteiger partial charge < -0.3 is 0 Å². The summed E-state index contributed by atoms with van der Waals surface area (Å²) in [5.74, 6) is 0.330. The fraction of sp³-hybridized carbons (Fsp3) is 0.700. The predicted molar refractivity (Wildman–Crippen MR) is 48.6 cm³/mol.